The molecule has 0 aliphatic carbocycles. The van der Waals surface area contributed by atoms with E-state index in [9.17, 15) is 14.7 Å². The number of likely N-dealkylation sites (N-methyl/N-ethyl adjacent to an activating group) is 1. The first kappa shape index (κ1) is 23.5. The van der Waals surface area contributed by atoms with E-state index >= 15 is 0 Å². The molecule has 3 aliphatic rings. The molecule has 12 nitrogen and oxygen atoms in total. The van der Waals surface area contributed by atoms with Crippen LogP contribution in [0.1, 0.15) is 37.1 Å². The zero-order chi connectivity index (χ0) is 24.7. The minimum absolute atomic E-state index is 0.0392. The van der Waals surface area contributed by atoms with Crippen molar-refractivity contribution >= 4 is 11.9 Å². The van der Waals surface area contributed by atoms with E-state index < -0.39 is 11.6 Å². The van der Waals surface area contributed by atoms with Crippen LogP contribution in [-0.2, 0) is 14.3 Å². The molecule has 2 saturated heterocycles. The molecule has 5 heterocycles. The first-order chi connectivity index (χ1) is 16.8. The van der Waals surface area contributed by atoms with E-state index in [1.54, 1.807) is 17.9 Å². The van der Waals surface area contributed by atoms with Gasteiger partial charge in [0.1, 0.15) is 18.5 Å². The van der Waals surface area contributed by atoms with Crippen LogP contribution in [0.3, 0.4) is 0 Å². The van der Waals surface area contributed by atoms with Gasteiger partial charge in [-0.25, -0.2) is 9.78 Å². The summed E-state index contributed by atoms with van der Waals surface area (Å²) in [4.78, 5) is 36.1. The minimum Gasteiger partial charge on any atom is -0.456 e. The number of rotatable bonds is 5. The van der Waals surface area contributed by atoms with Crippen molar-refractivity contribution in [1.82, 2.24) is 39.9 Å². The Morgan fingerprint density at radius 1 is 1.14 bits per heavy atom. The van der Waals surface area contributed by atoms with Gasteiger partial charge in [-0.2, -0.15) is 4.68 Å². The highest BCUT2D eigenvalue weighted by molar-refractivity contribution is 5.94. The van der Waals surface area contributed by atoms with Crippen molar-refractivity contribution < 1.29 is 19.4 Å². The summed E-state index contributed by atoms with van der Waals surface area (Å²) in [6, 6.07) is 3.64. The van der Waals surface area contributed by atoms with Gasteiger partial charge in [-0.1, -0.05) is 6.07 Å². The molecule has 12 heteroatoms. The van der Waals surface area contributed by atoms with Crippen molar-refractivity contribution in [2.24, 2.45) is 0 Å². The van der Waals surface area contributed by atoms with Gasteiger partial charge in [0, 0.05) is 44.0 Å². The van der Waals surface area contributed by atoms with Gasteiger partial charge in [0.25, 0.3) is 0 Å². The number of nitrogens with zero attached hydrogens (tertiary/aromatic N) is 8. The molecule has 3 aliphatic heterocycles. The maximum Gasteiger partial charge on any atom is 0.336 e. The van der Waals surface area contributed by atoms with Crippen LogP contribution in [0.5, 0.6) is 0 Å². The normalized spacial score (nSPS) is 22.2. The third kappa shape index (κ3) is 4.11. The summed E-state index contributed by atoms with van der Waals surface area (Å²) in [6.07, 6.45) is 2.08. The highest BCUT2D eigenvalue weighted by Crippen LogP contribution is 2.36. The van der Waals surface area contributed by atoms with E-state index in [-0.39, 0.29) is 18.5 Å². The number of amides is 1. The van der Waals surface area contributed by atoms with Gasteiger partial charge >= 0.3 is 5.97 Å². The number of cyclic esters (lactones) is 1. The fourth-order valence-corrected chi connectivity index (χ4v) is 5.33. The molecule has 5 rings (SSSR count). The van der Waals surface area contributed by atoms with Gasteiger partial charge in [-0.3, -0.25) is 9.69 Å². The first-order valence-corrected chi connectivity index (χ1v) is 11.8. The number of likely N-dealkylation sites (tertiary alicyclic amines) is 1. The van der Waals surface area contributed by atoms with Crippen molar-refractivity contribution in [3.8, 4) is 5.82 Å². The molecule has 2 fully saturated rings. The van der Waals surface area contributed by atoms with Crippen molar-refractivity contribution in [3.63, 3.8) is 0 Å². The lowest BCUT2D eigenvalue weighted by molar-refractivity contribution is -0.152. The van der Waals surface area contributed by atoms with Gasteiger partial charge in [0.2, 0.25) is 5.91 Å². The lowest BCUT2D eigenvalue weighted by atomic mass is 9.82. The lowest BCUT2D eigenvalue weighted by Gasteiger charge is -2.51. The summed E-state index contributed by atoms with van der Waals surface area (Å²) in [5, 5.41) is 22.1. The standard InChI is InChI=1S/C23H30N8O4/c1-15-18(13-35-21(15)33)30-11-10-28(3)23(22(30)34)6-8-29(9-7-23)12-19(32)17-4-5-20(25-16(17)2)31-14-24-26-27-31/h4-5,14,19,32H,6-13H2,1-3H3. The van der Waals surface area contributed by atoms with Crippen molar-refractivity contribution in [1.29, 1.82) is 0 Å². The Labute approximate surface area is 203 Å². The highest BCUT2D eigenvalue weighted by Gasteiger charge is 2.50. The Morgan fingerprint density at radius 3 is 2.54 bits per heavy atom. The Hall–Kier alpha value is -3.22. The minimum atomic E-state index is -0.704. The van der Waals surface area contributed by atoms with Gasteiger partial charge in [0.15, 0.2) is 5.82 Å². The number of aliphatic hydroxyl groups is 1. The number of hydrogen-bond donors (Lipinski definition) is 1. The van der Waals surface area contributed by atoms with Crippen LogP contribution in [-0.4, -0.2) is 109 Å². The number of aromatic nitrogens is 5. The molecule has 0 radical (unpaired) electrons. The second-order valence-corrected chi connectivity index (χ2v) is 9.47. The van der Waals surface area contributed by atoms with E-state index in [4.69, 9.17) is 4.74 Å². The molecule has 0 bridgehead atoms. The maximum absolute atomic E-state index is 13.7. The van der Waals surface area contributed by atoms with Crippen LogP contribution < -0.4 is 0 Å². The van der Waals surface area contributed by atoms with E-state index in [2.05, 4.69) is 30.3 Å². The number of carbonyl (C=O) groups excluding carboxylic acids is 2. The molecule has 186 valence electrons. The van der Waals surface area contributed by atoms with E-state index in [0.29, 0.717) is 61.8 Å². The van der Waals surface area contributed by atoms with Crippen LogP contribution in [0.2, 0.25) is 0 Å². The number of ether oxygens (including phenoxy) is 1. The highest BCUT2D eigenvalue weighted by atomic mass is 16.5. The third-order valence-corrected chi connectivity index (χ3v) is 7.61. The van der Waals surface area contributed by atoms with Gasteiger partial charge in [-0.05, 0) is 50.2 Å². The number of pyridine rings is 1. The average Bonchev–Trinajstić information content (AvgIpc) is 3.50. The summed E-state index contributed by atoms with van der Waals surface area (Å²) < 4.78 is 6.62. The van der Waals surface area contributed by atoms with Crippen molar-refractivity contribution in [3.05, 3.63) is 41.0 Å². The molecule has 1 atom stereocenters. The molecule has 1 unspecified atom stereocenters. The van der Waals surface area contributed by atoms with E-state index in [1.807, 2.05) is 20.0 Å². The summed E-state index contributed by atoms with van der Waals surface area (Å²) in [7, 11) is 2.00. The number of piperidine rings is 1. The number of carbonyl (C=O) groups is 2. The number of β-amino-alcohol motifs (C(OH)–C–C–N with tert-alkyl or cyclic N) is 1. The van der Waals surface area contributed by atoms with Crippen LogP contribution in [0.25, 0.3) is 5.82 Å². The van der Waals surface area contributed by atoms with Crippen LogP contribution >= 0.6 is 0 Å². The first-order valence-electron chi connectivity index (χ1n) is 11.8. The number of aryl methyl sites for hydroxylation is 1. The van der Waals surface area contributed by atoms with Gasteiger partial charge < -0.3 is 19.6 Å². The Kier molecular flexibility index (Phi) is 6.11. The molecule has 1 spiro atoms. The van der Waals surface area contributed by atoms with Crippen LogP contribution in [0.15, 0.2) is 29.7 Å². The predicted molar refractivity (Wildman–Crippen MR) is 123 cm³/mol. The topological polar surface area (TPSA) is 130 Å². The third-order valence-electron chi connectivity index (χ3n) is 7.61. The molecule has 1 N–H and O–H groups in total. The number of aliphatic hydroxyl groups excluding tert-OH is 1. The summed E-state index contributed by atoms with van der Waals surface area (Å²) in [5.41, 5.74) is 2.08. The summed E-state index contributed by atoms with van der Waals surface area (Å²) >= 11 is 0. The van der Waals surface area contributed by atoms with E-state index in [1.165, 1.54) is 11.0 Å². The Morgan fingerprint density at radius 2 is 1.91 bits per heavy atom. The molecule has 2 aromatic rings. The van der Waals surface area contributed by atoms with E-state index in [0.717, 1.165) is 12.1 Å². The van der Waals surface area contributed by atoms with Crippen molar-refractivity contribution in [2.45, 2.75) is 38.3 Å². The lowest BCUT2D eigenvalue weighted by Crippen LogP contribution is -2.67. The van der Waals surface area contributed by atoms with Gasteiger partial charge in [-0.15, -0.1) is 5.10 Å². The number of tetrazole rings is 1. The second-order valence-electron chi connectivity index (χ2n) is 9.47. The summed E-state index contributed by atoms with van der Waals surface area (Å²) in [5.74, 6) is 0.282. The fourth-order valence-electron chi connectivity index (χ4n) is 5.33. The molecular formula is C23H30N8O4. The number of esters is 1. The monoisotopic (exact) mass is 482 g/mol. The zero-order valence-electron chi connectivity index (χ0n) is 20.2. The SMILES string of the molecule is CC1=C(N2CCN(C)C3(CCN(CC(O)c4ccc(-n5cnnn5)nc4C)CC3)C2=O)COC1=O. The van der Waals surface area contributed by atoms with Crippen LogP contribution in [0, 0.1) is 6.92 Å². The summed E-state index contributed by atoms with van der Waals surface area (Å²) in [6.45, 7) is 6.85. The molecule has 1 amide bonds. The number of hydrogen-bond acceptors (Lipinski definition) is 10. The molecular weight excluding hydrogens is 452 g/mol. The Balaban J connectivity index is 1.25. The van der Waals surface area contributed by atoms with Crippen molar-refractivity contribution in [2.75, 3.05) is 46.4 Å². The van der Waals surface area contributed by atoms with Gasteiger partial charge in [0.05, 0.1) is 17.4 Å². The largest absolute Gasteiger partial charge is 0.456 e. The molecule has 35 heavy (non-hydrogen) atoms. The maximum atomic E-state index is 13.7. The smallest absolute Gasteiger partial charge is 0.336 e. The molecule has 0 aromatic carbocycles. The zero-order valence-corrected chi connectivity index (χ0v) is 20.2. The second kappa shape index (κ2) is 9.10. The predicted octanol–water partition coefficient (Wildman–Crippen LogP) is -0.161. The van der Waals surface area contributed by atoms with Crippen LogP contribution in [0.4, 0.5) is 0 Å². The fraction of sp³-hybridized carbons (Fsp3) is 0.565. The average molecular weight is 483 g/mol. The molecule has 0 saturated carbocycles. The number of piperazine rings is 1. The Bertz CT molecular complexity index is 1160. The molecule has 2 aromatic heterocycles. The quantitative estimate of drug-likeness (QED) is 0.574.